The van der Waals surface area contributed by atoms with E-state index in [1.165, 1.54) is 0 Å². The number of nitrogens with one attached hydrogen (secondary N) is 4. The summed E-state index contributed by atoms with van der Waals surface area (Å²) in [5.74, 6) is 1.78. The van der Waals surface area contributed by atoms with Crippen LogP contribution >= 0.6 is 11.8 Å². The molecule has 2 aliphatic rings. The monoisotopic (exact) mass is 474 g/mol. The molecule has 0 amide bonds. The number of hydrogen-bond donors (Lipinski definition) is 4. The van der Waals surface area contributed by atoms with Gasteiger partial charge in [0.2, 0.25) is 5.95 Å². The summed E-state index contributed by atoms with van der Waals surface area (Å²) < 4.78 is 11.0. The number of hydrogen-bond acceptors (Lipinski definition) is 9. The summed E-state index contributed by atoms with van der Waals surface area (Å²) in [6.45, 7) is 4.30. The number of aromatic nitrogens is 2. The van der Waals surface area contributed by atoms with Gasteiger partial charge in [-0.1, -0.05) is 12.1 Å². The lowest BCUT2D eigenvalue weighted by atomic mass is 10.1. The van der Waals surface area contributed by atoms with Crippen LogP contribution in [0.5, 0.6) is 0 Å². The minimum absolute atomic E-state index is 0.0405. The van der Waals surface area contributed by atoms with E-state index in [0.29, 0.717) is 49.4 Å². The number of ether oxygens (including phenoxy) is 2. The van der Waals surface area contributed by atoms with E-state index in [-0.39, 0.29) is 17.7 Å². The summed E-state index contributed by atoms with van der Waals surface area (Å²) in [6, 6.07) is 8.36. The van der Waals surface area contributed by atoms with Crippen molar-refractivity contribution >= 4 is 29.2 Å². The van der Waals surface area contributed by atoms with E-state index in [1.54, 1.807) is 18.9 Å². The van der Waals surface area contributed by atoms with Crippen LogP contribution in [-0.4, -0.2) is 75.7 Å². The number of piperidine rings is 1. The predicted molar refractivity (Wildman–Crippen MR) is 134 cm³/mol. The summed E-state index contributed by atoms with van der Waals surface area (Å²) in [4.78, 5) is 24.4. The minimum atomic E-state index is -0.101. The van der Waals surface area contributed by atoms with E-state index in [4.69, 9.17) is 14.5 Å². The normalized spacial score (nSPS) is 21.1. The maximum absolute atomic E-state index is 13.3. The molecule has 4 rings (SSSR count). The first-order valence-corrected chi connectivity index (χ1v) is 12.5. The van der Waals surface area contributed by atoms with Crippen LogP contribution < -0.4 is 26.4 Å². The zero-order chi connectivity index (χ0) is 23.0. The van der Waals surface area contributed by atoms with Gasteiger partial charge in [-0.3, -0.25) is 9.78 Å². The fourth-order valence-corrected chi connectivity index (χ4v) is 5.27. The second-order valence-electron chi connectivity index (χ2n) is 8.33. The standard InChI is InChI=1S/C23H34N6O3S/c1-24-19-7-3-4-8-20(19)33-15-18-21(26-16-6-5-9-25-12-16)27-23(28-22(18)30)29-10-11-32-17(13-29)14-31-2/h3-4,7-8,16-17,24-25H,5-6,9-15H2,1-2H3,(H2,26,27,28,30). The van der Waals surface area contributed by atoms with Gasteiger partial charge < -0.3 is 30.3 Å². The fourth-order valence-electron chi connectivity index (χ4n) is 4.20. The molecular formula is C23H34N6O3S. The average Bonchev–Trinajstić information content (AvgIpc) is 2.84. The van der Waals surface area contributed by atoms with Crippen molar-refractivity contribution in [1.29, 1.82) is 0 Å². The van der Waals surface area contributed by atoms with Crippen LogP contribution in [0.4, 0.5) is 17.5 Å². The van der Waals surface area contributed by atoms with Gasteiger partial charge in [-0.25, -0.2) is 0 Å². The Morgan fingerprint density at radius 1 is 1.36 bits per heavy atom. The molecule has 1 aromatic heterocycles. The number of para-hydroxylation sites is 1. The number of H-pyrrole nitrogens is 1. The van der Waals surface area contributed by atoms with Gasteiger partial charge >= 0.3 is 0 Å². The number of benzene rings is 1. The first-order valence-electron chi connectivity index (χ1n) is 11.5. The first-order chi connectivity index (χ1) is 16.2. The molecule has 2 atom stereocenters. The van der Waals surface area contributed by atoms with Crippen molar-refractivity contribution in [3.05, 3.63) is 40.2 Å². The molecule has 180 valence electrons. The molecule has 2 saturated heterocycles. The highest BCUT2D eigenvalue weighted by atomic mass is 32.2. The van der Waals surface area contributed by atoms with Gasteiger partial charge in [0.05, 0.1) is 24.9 Å². The van der Waals surface area contributed by atoms with Crippen molar-refractivity contribution in [3.63, 3.8) is 0 Å². The van der Waals surface area contributed by atoms with Crippen LogP contribution in [0.15, 0.2) is 34.0 Å². The number of nitrogens with zero attached hydrogens (tertiary/aromatic N) is 2. The largest absolute Gasteiger partial charge is 0.387 e. The van der Waals surface area contributed by atoms with Crippen LogP contribution in [0.1, 0.15) is 18.4 Å². The minimum Gasteiger partial charge on any atom is -0.387 e. The fraction of sp³-hybridized carbons (Fsp3) is 0.565. The highest BCUT2D eigenvalue weighted by molar-refractivity contribution is 7.98. The Morgan fingerprint density at radius 3 is 3.03 bits per heavy atom. The molecule has 4 N–H and O–H groups in total. The van der Waals surface area contributed by atoms with Crippen LogP contribution in [-0.2, 0) is 15.2 Å². The van der Waals surface area contributed by atoms with Crippen molar-refractivity contribution in [1.82, 2.24) is 15.3 Å². The van der Waals surface area contributed by atoms with E-state index in [0.717, 1.165) is 36.5 Å². The smallest absolute Gasteiger partial charge is 0.258 e. The van der Waals surface area contributed by atoms with Gasteiger partial charge in [-0.05, 0) is 31.5 Å². The van der Waals surface area contributed by atoms with E-state index in [2.05, 4.69) is 31.9 Å². The van der Waals surface area contributed by atoms with E-state index in [9.17, 15) is 4.79 Å². The van der Waals surface area contributed by atoms with Crippen LogP contribution in [0.2, 0.25) is 0 Å². The molecule has 3 heterocycles. The highest BCUT2D eigenvalue weighted by Crippen LogP contribution is 2.31. The Kier molecular flexibility index (Phi) is 8.49. The van der Waals surface area contributed by atoms with Crippen LogP contribution in [0.25, 0.3) is 0 Å². The second-order valence-corrected chi connectivity index (χ2v) is 9.35. The van der Waals surface area contributed by atoms with Crippen molar-refractivity contribution in [2.24, 2.45) is 0 Å². The van der Waals surface area contributed by atoms with Crippen molar-refractivity contribution < 1.29 is 9.47 Å². The third kappa shape index (κ3) is 6.20. The summed E-state index contributed by atoms with van der Waals surface area (Å²) >= 11 is 1.64. The van der Waals surface area contributed by atoms with Gasteiger partial charge in [-0.2, -0.15) is 4.98 Å². The molecule has 0 radical (unpaired) electrons. The van der Waals surface area contributed by atoms with Crippen LogP contribution in [0.3, 0.4) is 0 Å². The summed E-state index contributed by atoms with van der Waals surface area (Å²) in [7, 11) is 3.58. The Hall–Kier alpha value is -2.27. The Balaban J connectivity index is 1.59. The van der Waals surface area contributed by atoms with Gasteiger partial charge in [0.1, 0.15) is 5.82 Å². The molecule has 33 heavy (non-hydrogen) atoms. The molecule has 2 unspecified atom stereocenters. The Labute approximate surface area is 199 Å². The van der Waals surface area contributed by atoms with Crippen molar-refractivity contribution in [2.45, 2.75) is 35.6 Å². The third-order valence-corrected chi connectivity index (χ3v) is 7.06. The number of anilines is 3. The quantitative estimate of drug-likeness (QED) is 0.407. The first kappa shape index (κ1) is 23.9. The van der Waals surface area contributed by atoms with Gasteiger partial charge in [0, 0.05) is 56.2 Å². The molecule has 0 aliphatic carbocycles. The molecule has 2 fully saturated rings. The van der Waals surface area contributed by atoms with Crippen molar-refractivity contribution in [2.75, 3.05) is 69.1 Å². The number of rotatable bonds is 9. The molecule has 0 saturated carbocycles. The van der Waals surface area contributed by atoms with E-state index < -0.39 is 0 Å². The Morgan fingerprint density at radius 2 is 2.24 bits per heavy atom. The topological polar surface area (TPSA) is 104 Å². The van der Waals surface area contributed by atoms with Crippen LogP contribution in [0, 0.1) is 0 Å². The SMILES string of the molecule is CNc1ccccc1SCc1c(NC2CCCNC2)nc(N2CCOC(COC)C2)[nH]c1=O. The summed E-state index contributed by atoms with van der Waals surface area (Å²) in [6.07, 6.45) is 2.12. The third-order valence-electron chi connectivity index (χ3n) is 5.96. The van der Waals surface area contributed by atoms with Gasteiger partial charge in [0.15, 0.2) is 0 Å². The molecule has 2 aliphatic heterocycles. The molecule has 2 aromatic rings. The summed E-state index contributed by atoms with van der Waals surface area (Å²) in [5, 5.41) is 10.2. The molecule has 10 heteroatoms. The van der Waals surface area contributed by atoms with Crippen molar-refractivity contribution in [3.8, 4) is 0 Å². The number of methoxy groups -OCH3 is 1. The lowest BCUT2D eigenvalue weighted by Crippen LogP contribution is -2.46. The zero-order valence-electron chi connectivity index (χ0n) is 19.4. The molecule has 1 aromatic carbocycles. The second kappa shape index (κ2) is 11.7. The van der Waals surface area contributed by atoms with Gasteiger partial charge in [0.25, 0.3) is 5.56 Å². The molecule has 9 nitrogen and oxygen atoms in total. The number of thioether (sulfide) groups is 1. The molecule has 0 bridgehead atoms. The van der Waals surface area contributed by atoms with Gasteiger partial charge in [-0.15, -0.1) is 11.8 Å². The lowest BCUT2D eigenvalue weighted by Gasteiger charge is -2.33. The maximum Gasteiger partial charge on any atom is 0.258 e. The van der Waals surface area contributed by atoms with E-state index >= 15 is 0 Å². The Bertz CT molecular complexity index is 963. The zero-order valence-corrected chi connectivity index (χ0v) is 20.2. The number of aromatic amines is 1. The maximum atomic E-state index is 13.3. The molecule has 0 spiro atoms. The average molecular weight is 475 g/mol. The highest BCUT2D eigenvalue weighted by Gasteiger charge is 2.25. The predicted octanol–water partition coefficient (Wildman–Crippen LogP) is 2.12. The summed E-state index contributed by atoms with van der Waals surface area (Å²) in [5.41, 5.74) is 1.62. The molecular weight excluding hydrogens is 440 g/mol. The lowest BCUT2D eigenvalue weighted by molar-refractivity contribution is -0.0104. The number of morpholine rings is 1. The van der Waals surface area contributed by atoms with E-state index in [1.807, 2.05) is 25.2 Å².